The van der Waals surface area contributed by atoms with Gasteiger partial charge >= 0.3 is 0 Å². The molecule has 0 aliphatic carbocycles. The van der Waals surface area contributed by atoms with E-state index in [0.717, 1.165) is 55.1 Å². The number of carbonyl (C=O) groups excluding carboxylic acids is 1. The maximum Gasteiger partial charge on any atom is 0.220 e. The molecular weight excluding hydrogens is 397 g/mol. The molecule has 7 heteroatoms. The summed E-state index contributed by atoms with van der Waals surface area (Å²) in [5.74, 6) is -0.106. The minimum absolute atomic E-state index is 0.0984. The molecule has 0 bridgehead atoms. The minimum atomic E-state index is -0.412. The summed E-state index contributed by atoms with van der Waals surface area (Å²) in [6.45, 7) is 4.56. The first kappa shape index (κ1) is 21.3. The van der Waals surface area contributed by atoms with Gasteiger partial charge in [-0.15, -0.1) is 0 Å². The molecule has 1 atom stereocenters. The molecule has 164 valence electrons. The van der Waals surface area contributed by atoms with E-state index in [1.54, 1.807) is 25.3 Å². The van der Waals surface area contributed by atoms with Crippen LogP contribution in [0.3, 0.4) is 0 Å². The summed E-state index contributed by atoms with van der Waals surface area (Å²) in [6.07, 6.45) is 2.02. The zero-order valence-corrected chi connectivity index (χ0v) is 17.7. The molecule has 0 radical (unpaired) electrons. The van der Waals surface area contributed by atoms with E-state index in [-0.39, 0.29) is 18.1 Å². The molecule has 0 spiro atoms. The lowest BCUT2D eigenvalue weighted by atomic mass is 9.87. The van der Waals surface area contributed by atoms with Gasteiger partial charge in [0.2, 0.25) is 5.91 Å². The van der Waals surface area contributed by atoms with Crippen molar-refractivity contribution in [3.8, 4) is 5.75 Å². The highest BCUT2D eigenvalue weighted by Gasteiger charge is 2.24. The first-order valence-corrected chi connectivity index (χ1v) is 10.6. The van der Waals surface area contributed by atoms with Crippen LogP contribution in [0.1, 0.15) is 23.5 Å². The van der Waals surface area contributed by atoms with Gasteiger partial charge in [-0.3, -0.25) is 9.69 Å². The summed E-state index contributed by atoms with van der Waals surface area (Å²) in [4.78, 5) is 18.3. The lowest BCUT2D eigenvalue weighted by molar-refractivity contribution is -0.121. The molecule has 0 saturated carbocycles. The van der Waals surface area contributed by atoms with E-state index < -0.39 is 5.92 Å². The number of amides is 1. The molecule has 6 nitrogen and oxygen atoms in total. The SMILES string of the molecule is COc1ccc2[nH]cc(C(CC(=O)NCCN3CCOCC3)c3ccccc3F)c2c1. The number of nitrogens with zero attached hydrogens (tertiary/aromatic N) is 1. The minimum Gasteiger partial charge on any atom is -0.497 e. The molecule has 2 heterocycles. The Morgan fingerprint density at radius 2 is 2.03 bits per heavy atom. The van der Waals surface area contributed by atoms with Crippen molar-refractivity contribution in [3.05, 3.63) is 65.6 Å². The average Bonchev–Trinajstić information content (AvgIpc) is 3.21. The van der Waals surface area contributed by atoms with Crippen LogP contribution in [0.15, 0.2) is 48.7 Å². The molecule has 1 fully saturated rings. The molecule has 1 aliphatic heterocycles. The van der Waals surface area contributed by atoms with Crippen LogP contribution < -0.4 is 10.1 Å². The van der Waals surface area contributed by atoms with Gasteiger partial charge in [-0.05, 0) is 35.4 Å². The summed E-state index contributed by atoms with van der Waals surface area (Å²) < 4.78 is 25.5. The van der Waals surface area contributed by atoms with Gasteiger partial charge in [-0.2, -0.15) is 0 Å². The van der Waals surface area contributed by atoms with E-state index in [2.05, 4.69) is 15.2 Å². The zero-order valence-electron chi connectivity index (χ0n) is 17.7. The molecule has 1 amide bonds. The van der Waals surface area contributed by atoms with Gasteiger partial charge in [0, 0.05) is 55.6 Å². The van der Waals surface area contributed by atoms with Crippen molar-refractivity contribution < 1.29 is 18.7 Å². The predicted molar refractivity (Wildman–Crippen MR) is 118 cm³/mol. The van der Waals surface area contributed by atoms with E-state index in [0.29, 0.717) is 12.1 Å². The van der Waals surface area contributed by atoms with Gasteiger partial charge in [-0.25, -0.2) is 4.39 Å². The van der Waals surface area contributed by atoms with Crippen molar-refractivity contribution in [2.45, 2.75) is 12.3 Å². The van der Waals surface area contributed by atoms with E-state index in [1.807, 2.05) is 24.4 Å². The Morgan fingerprint density at radius 3 is 2.81 bits per heavy atom. The van der Waals surface area contributed by atoms with E-state index in [4.69, 9.17) is 9.47 Å². The van der Waals surface area contributed by atoms with Crippen LogP contribution in [0.4, 0.5) is 4.39 Å². The molecule has 3 aromatic rings. The second kappa shape index (κ2) is 9.94. The molecule has 2 N–H and O–H groups in total. The third kappa shape index (κ3) is 5.06. The van der Waals surface area contributed by atoms with Crippen LogP contribution in [0.2, 0.25) is 0 Å². The number of rotatable bonds is 8. The summed E-state index contributed by atoms with van der Waals surface area (Å²) in [7, 11) is 1.61. The number of aromatic amines is 1. The quantitative estimate of drug-likeness (QED) is 0.581. The maximum atomic E-state index is 14.7. The summed E-state index contributed by atoms with van der Waals surface area (Å²) >= 11 is 0. The smallest absolute Gasteiger partial charge is 0.220 e. The Balaban J connectivity index is 1.54. The summed E-state index contributed by atoms with van der Waals surface area (Å²) in [5, 5.41) is 3.93. The Bertz CT molecular complexity index is 1030. The maximum absolute atomic E-state index is 14.7. The standard InChI is InChI=1S/C24H28FN3O3/c1-30-17-6-7-23-20(14-17)21(16-27-23)19(18-4-2-3-5-22(18)25)15-24(29)26-8-9-28-10-12-31-13-11-28/h2-7,14,16,19,27H,8-13,15H2,1H3,(H,26,29). The van der Waals surface area contributed by atoms with Gasteiger partial charge in [-0.1, -0.05) is 18.2 Å². The van der Waals surface area contributed by atoms with E-state index in [9.17, 15) is 9.18 Å². The third-order valence-corrected chi connectivity index (χ3v) is 5.82. The monoisotopic (exact) mass is 425 g/mol. The molecule has 31 heavy (non-hydrogen) atoms. The zero-order chi connectivity index (χ0) is 21.6. The second-order valence-electron chi connectivity index (χ2n) is 7.74. The highest BCUT2D eigenvalue weighted by atomic mass is 19.1. The van der Waals surface area contributed by atoms with Crippen molar-refractivity contribution >= 4 is 16.8 Å². The normalized spacial score (nSPS) is 15.7. The van der Waals surface area contributed by atoms with Crippen molar-refractivity contribution in [2.24, 2.45) is 0 Å². The Morgan fingerprint density at radius 1 is 1.23 bits per heavy atom. The molecular formula is C24H28FN3O3. The van der Waals surface area contributed by atoms with Gasteiger partial charge < -0.3 is 19.8 Å². The van der Waals surface area contributed by atoms with Gasteiger partial charge in [0.05, 0.1) is 20.3 Å². The Hall–Kier alpha value is -2.90. The molecule has 2 aromatic carbocycles. The number of fused-ring (bicyclic) bond motifs is 1. The average molecular weight is 426 g/mol. The molecule has 1 unspecified atom stereocenters. The van der Waals surface area contributed by atoms with Crippen molar-refractivity contribution in [2.75, 3.05) is 46.5 Å². The number of carbonyl (C=O) groups is 1. The fourth-order valence-corrected chi connectivity index (χ4v) is 4.12. The summed E-state index contributed by atoms with van der Waals surface area (Å²) in [5.41, 5.74) is 2.31. The number of halogens is 1. The van der Waals surface area contributed by atoms with Crippen molar-refractivity contribution in [1.29, 1.82) is 0 Å². The van der Waals surface area contributed by atoms with Gasteiger partial charge in [0.15, 0.2) is 0 Å². The van der Waals surface area contributed by atoms with Crippen LogP contribution in [0, 0.1) is 5.82 Å². The number of hydrogen-bond donors (Lipinski definition) is 2. The van der Waals surface area contributed by atoms with Crippen molar-refractivity contribution in [3.63, 3.8) is 0 Å². The number of hydrogen-bond acceptors (Lipinski definition) is 4. The predicted octanol–water partition coefficient (Wildman–Crippen LogP) is 3.29. The lowest BCUT2D eigenvalue weighted by Gasteiger charge is -2.26. The highest BCUT2D eigenvalue weighted by molar-refractivity contribution is 5.87. The van der Waals surface area contributed by atoms with Crippen LogP contribution in [0.25, 0.3) is 10.9 Å². The summed E-state index contributed by atoms with van der Waals surface area (Å²) in [6, 6.07) is 12.4. The number of benzene rings is 2. The number of morpholine rings is 1. The highest BCUT2D eigenvalue weighted by Crippen LogP contribution is 2.36. The van der Waals surface area contributed by atoms with Crippen LogP contribution in [-0.4, -0.2) is 62.3 Å². The van der Waals surface area contributed by atoms with Crippen LogP contribution in [-0.2, 0) is 9.53 Å². The first-order valence-electron chi connectivity index (χ1n) is 10.6. The van der Waals surface area contributed by atoms with Crippen LogP contribution >= 0.6 is 0 Å². The van der Waals surface area contributed by atoms with E-state index in [1.165, 1.54) is 6.07 Å². The fraction of sp³-hybridized carbons (Fsp3) is 0.375. The number of nitrogens with one attached hydrogen (secondary N) is 2. The third-order valence-electron chi connectivity index (χ3n) is 5.82. The Kier molecular flexibility index (Phi) is 6.84. The molecule has 1 saturated heterocycles. The Labute approximate surface area is 181 Å². The first-order chi connectivity index (χ1) is 15.2. The fourth-order valence-electron chi connectivity index (χ4n) is 4.12. The van der Waals surface area contributed by atoms with Gasteiger partial charge in [0.1, 0.15) is 11.6 Å². The molecule has 1 aromatic heterocycles. The molecule has 1 aliphatic rings. The number of methoxy groups -OCH3 is 1. The van der Waals surface area contributed by atoms with Gasteiger partial charge in [0.25, 0.3) is 0 Å². The lowest BCUT2D eigenvalue weighted by Crippen LogP contribution is -2.41. The van der Waals surface area contributed by atoms with E-state index >= 15 is 0 Å². The molecule has 4 rings (SSSR count). The number of H-pyrrole nitrogens is 1. The number of ether oxygens (including phenoxy) is 2. The topological polar surface area (TPSA) is 66.6 Å². The van der Waals surface area contributed by atoms with Crippen LogP contribution in [0.5, 0.6) is 5.75 Å². The second-order valence-corrected chi connectivity index (χ2v) is 7.74. The van der Waals surface area contributed by atoms with Crippen molar-refractivity contribution in [1.82, 2.24) is 15.2 Å². The number of aromatic nitrogens is 1. The largest absolute Gasteiger partial charge is 0.497 e.